The van der Waals surface area contributed by atoms with Crippen LogP contribution in [0.1, 0.15) is 199 Å². The molecule has 4 aromatic carbocycles. The van der Waals surface area contributed by atoms with Gasteiger partial charge in [0.1, 0.15) is 46.0 Å². The van der Waals surface area contributed by atoms with Crippen molar-refractivity contribution in [3.63, 3.8) is 0 Å². The molecule has 0 aliphatic heterocycles. The first-order valence-corrected chi connectivity index (χ1v) is 46.3. The highest BCUT2D eigenvalue weighted by Gasteiger charge is 2.37. The molecule has 4 aromatic rings. The summed E-state index contributed by atoms with van der Waals surface area (Å²) < 4.78 is 56.6. The number of benzene rings is 4. The number of nitrogens with zero attached hydrogens (tertiary/aromatic N) is 8. The predicted octanol–water partition coefficient (Wildman–Crippen LogP) is 7.30. The summed E-state index contributed by atoms with van der Waals surface area (Å²) in [5.74, 6) is -4.46. The molecular formula is C96H160N16O16. The standard InChI is InChI=1S/C96H160N16O16/c1-21-25-29-33-69-73-53-75(83(123-63-91(115)99-39-47-107(9)10)57-81(73)121-61-89(113)97-37-45-105(5)6)70(34-30-26-22-2)77-55-79(87(127-67-95(119)103-43-51-111(17)18)59-85(77)125-65-93(117)101-41-49-109(13)14)72(36-32-28-24-4)80-56-78(86(126-66-94(118)102-42-50-110(15)16)60-88(80)128-68-96(120)104-44-52-112(19)20)71(35-31-27-23-3)76-54-74(69)82(122-62-90(114)98-38-46-106(7)8)58-84(76)124-64-92(116)100-40-48-108(11)12/h53-60,69-72H,21-52,61-68H2,1-20H3,(H,97,113)(H,98,114)(H,99,115)(H,100,116)(H,101,117)(H,102,118)(H,103,119)(H,104,120). The van der Waals surface area contributed by atoms with Crippen molar-refractivity contribution in [3.8, 4) is 46.0 Å². The van der Waals surface area contributed by atoms with Crippen LogP contribution in [0.3, 0.4) is 0 Å². The van der Waals surface area contributed by atoms with Gasteiger partial charge in [0, 0.05) is 197 Å². The number of ether oxygens (including phenoxy) is 8. The van der Waals surface area contributed by atoms with Gasteiger partial charge in [0.25, 0.3) is 47.3 Å². The molecule has 0 radical (unpaired) electrons. The lowest BCUT2D eigenvalue weighted by atomic mass is 9.76. The van der Waals surface area contributed by atoms with Crippen LogP contribution in [0, 0.1) is 0 Å². The number of carbonyl (C=O) groups excluding carboxylic acids is 8. The first-order chi connectivity index (χ1) is 61.2. The first kappa shape index (κ1) is 109. The van der Waals surface area contributed by atoms with E-state index in [9.17, 15) is 38.4 Å². The summed E-state index contributed by atoms with van der Waals surface area (Å²) in [4.78, 5) is 132. The zero-order valence-electron chi connectivity index (χ0n) is 81.3. The molecule has 720 valence electrons. The summed E-state index contributed by atoms with van der Waals surface area (Å²) in [5, 5.41) is 24.4. The van der Waals surface area contributed by atoms with Crippen LogP contribution < -0.4 is 80.4 Å². The minimum Gasteiger partial charge on any atom is -0.483 e. The van der Waals surface area contributed by atoms with Crippen molar-refractivity contribution < 1.29 is 76.3 Å². The Morgan fingerprint density at radius 3 is 0.445 bits per heavy atom. The Hall–Kier alpha value is -9.28. The van der Waals surface area contributed by atoms with Crippen molar-refractivity contribution >= 4 is 47.3 Å². The van der Waals surface area contributed by atoms with E-state index in [0.717, 1.165) is 51.4 Å². The van der Waals surface area contributed by atoms with Crippen molar-refractivity contribution in [3.05, 3.63) is 93.0 Å². The fourth-order valence-electron chi connectivity index (χ4n) is 14.8. The van der Waals surface area contributed by atoms with Gasteiger partial charge < -0.3 is 120 Å². The number of likely N-dealkylation sites (N-methyl/N-ethyl adjacent to an activating group) is 8. The maximum absolute atomic E-state index is 14.5. The monoisotopic (exact) mass is 1790 g/mol. The minimum atomic E-state index is -0.776. The Morgan fingerprint density at radius 2 is 0.336 bits per heavy atom. The van der Waals surface area contributed by atoms with Crippen molar-refractivity contribution in [2.24, 2.45) is 0 Å². The Balaban J connectivity index is 2.35. The van der Waals surface area contributed by atoms with Crippen LogP contribution in [-0.4, -0.2) is 357 Å². The zero-order chi connectivity index (χ0) is 94.0. The van der Waals surface area contributed by atoms with Gasteiger partial charge in [-0.25, -0.2) is 0 Å². The highest BCUT2D eigenvalue weighted by molar-refractivity contribution is 5.82. The van der Waals surface area contributed by atoms with E-state index in [4.69, 9.17) is 37.9 Å². The summed E-state index contributed by atoms with van der Waals surface area (Å²) >= 11 is 0. The molecule has 0 saturated carbocycles. The maximum atomic E-state index is 14.5. The second kappa shape index (κ2) is 60.6. The van der Waals surface area contributed by atoms with Crippen LogP contribution >= 0.6 is 0 Å². The lowest BCUT2D eigenvalue weighted by Crippen LogP contribution is -2.35. The van der Waals surface area contributed by atoms with Gasteiger partial charge in [-0.3, -0.25) is 38.4 Å². The average molecular weight is 1790 g/mol. The Labute approximate surface area is 765 Å². The summed E-state index contributed by atoms with van der Waals surface area (Å²) in [6.07, 6.45) is 10.4. The largest absolute Gasteiger partial charge is 0.483 e. The quantitative estimate of drug-likeness (QED) is 0.0201. The second-order valence-electron chi connectivity index (χ2n) is 35.4. The number of fused-ring (bicyclic) bond motifs is 8. The third-order valence-electron chi connectivity index (χ3n) is 21.9. The van der Waals surface area contributed by atoms with Gasteiger partial charge in [-0.1, -0.05) is 105 Å². The fourth-order valence-corrected chi connectivity index (χ4v) is 14.8. The van der Waals surface area contributed by atoms with Gasteiger partial charge >= 0.3 is 0 Å². The SMILES string of the molecule is CCCCCC1c2cc(c(OCC(=O)NCCN(C)C)cc2OCC(=O)NCCN(C)C)C(CCCCC)c2cc(c(OCC(=O)NCCN(C)C)cc2OCC(=O)NCCN(C)C)C(CCCCC)c2cc(c(OCC(=O)NCCN(C)C)cc2OCC(=O)NCCN(C)C)C(CCCCC)c2cc1c(OCC(=O)NCCN(C)C)cc2OCC(=O)NCCN(C)C. The molecule has 0 atom stereocenters. The summed E-state index contributed by atoms with van der Waals surface area (Å²) in [6.45, 7) is 11.7. The van der Waals surface area contributed by atoms with Crippen LogP contribution in [-0.2, 0) is 38.4 Å². The van der Waals surface area contributed by atoms with Gasteiger partial charge in [-0.2, -0.15) is 0 Å². The third kappa shape index (κ3) is 41.2. The van der Waals surface area contributed by atoms with E-state index in [2.05, 4.69) is 94.5 Å². The fraction of sp³-hybridized carbons (Fsp3) is 0.667. The lowest BCUT2D eigenvalue weighted by molar-refractivity contribution is -0.124. The number of nitrogens with one attached hydrogen (secondary N) is 8. The molecule has 5 rings (SSSR count). The molecule has 0 aromatic heterocycles. The van der Waals surface area contributed by atoms with Crippen LogP contribution in [0.15, 0.2) is 48.5 Å². The molecule has 1 aliphatic carbocycles. The Kier molecular flexibility index (Phi) is 51.7. The Morgan fingerprint density at radius 1 is 0.211 bits per heavy atom. The average Bonchev–Trinajstić information content (AvgIpc) is 0.744. The minimum absolute atomic E-state index is 0.235. The van der Waals surface area contributed by atoms with Crippen molar-refractivity contribution in [2.45, 2.75) is 154 Å². The van der Waals surface area contributed by atoms with E-state index in [1.165, 1.54) is 0 Å². The number of hydrogen-bond donors (Lipinski definition) is 8. The number of carbonyl (C=O) groups is 8. The molecule has 0 unspecified atom stereocenters. The van der Waals surface area contributed by atoms with Crippen molar-refractivity contribution in [2.75, 3.05) is 270 Å². The molecule has 32 nitrogen and oxygen atoms in total. The maximum Gasteiger partial charge on any atom is 0.257 e. The van der Waals surface area contributed by atoms with Crippen LogP contribution in [0.4, 0.5) is 0 Å². The molecule has 128 heavy (non-hydrogen) atoms. The molecule has 0 saturated heterocycles. The topological polar surface area (TPSA) is 333 Å². The highest BCUT2D eigenvalue weighted by Crippen LogP contribution is 2.54. The van der Waals surface area contributed by atoms with Gasteiger partial charge in [-0.15, -0.1) is 0 Å². The van der Waals surface area contributed by atoms with E-state index >= 15 is 0 Å². The third-order valence-corrected chi connectivity index (χ3v) is 21.9. The van der Waals surface area contributed by atoms with E-state index in [-0.39, 0.29) is 46.0 Å². The van der Waals surface area contributed by atoms with Gasteiger partial charge in [0.2, 0.25) is 0 Å². The van der Waals surface area contributed by atoms with Crippen molar-refractivity contribution in [1.29, 1.82) is 0 Å². The molecule has 1 aliphatic rings. The van der Waals surface area contributed by atoms with E-state index < -0.39 is 124 Å². The van der Waals surface area contributed by atoms with Crippen molar-refractivity contribution in [1.82, 2.24) is 81.7 Å². The number of amides is 8. The van der Waals surface area contributed by atoms with Crippen LogP contribution in [0.25, 0.3) is 0 Å². The predicted molar refractivity (Wildman–Crippen MR) is 506 cm³/mol. The summed E-state index contributed by atoms with van der Waals surface area (Å²) in [7, 11) is 30.8. The lowest BCUT2D eigenvalue weighted by Gasteiger charge is -2.32. The summed E-state index contributed by atoms with van der Waals surface area (Å²) in [5.41, 5.74) is 4.63. The van der Waals surface area contributed by atoms with E-state index in [1.54, 1.807) is 24.3 Å². The number of unbranched alkanes of at least 4 members (excludes halogenated alkanes) is 8. The smallest absolute Gasteiger partial charge is 0.257 e. The van der Waals surface area contributed by atoms with E-state index in [1.807, 2.05) is 152 Å². The van der Waals surface area contributed by atoms with Gasteiger partial charge in [0.15, 0.2) is 52.9 Å². The van der Waals surface area contributed by atoms with Gasteiger partial charge in [-0.05, 0) is 163 Å². The van der Waals surface area contributed by atoms with E-state index in [0.29, 0.717) is 201 Å². The molecule has 8 bridgehead atoms. The Bertz CT molecular complexity index is 3300. The molecular weight excluding hydrogens is 1630 g/mol. The molecule has 0 fully saturated rings. The number of hydrogen-bond acceptors (Lipinski definition) is 24. The molecule has 0 heterocycles. The van der Waals surface area contributed by atoms with Crippen LogP contribution in [0.5, 0.6) is 46.0 Å². The van der Waals surface area contributed by atoms with Gasteiger partial charge in [0.05, 0.1) is 0 Å². The molecule has 8 N–H and O–H groups in total. The molecule has 32 heteroatoms. The first-order valence-electron chi connectivity index (χ1n) is 46.3. The normalized spacial score (nSPS) is 14.3. The zero-order valence-corrected chi connectivity index (χ0v) is 81.3. The molecule has 8 amide bonds. The highest BCUT2D eigenvalue weighted by atomic mass is 16.5. The molecule has 0 spiro atoms. The second-order valence-corrected chi connectivity index (χ2v) is 35.4. The van der Waals surface area contributed by atoms with Crippen LogP contribution in [0.2, 0.25) is 0 Å². The number of rotatable bonds is 64. The summed E-state index contributed by atoms with van der Waals surface area (Å²) in [6, 6.07) is 15.3.